The molecule has 3 heterocycles. The van der Waals surface area contributed by atoms with Gasteiger partial charge in [0.2, 0.25) is 0 Å². The molecule has 6 rings (SSSR count). The summed E-state index contributed by atoms with van der Waals surface area (Å²) in [6, 6.07) is 10.6. The molecule has 2 atom stereocenters. The maximum atomic E-state index is 13.2. The van der Waals surface area contributed by atoms with Crippen molar-refractivity contribution in [3.05, 3.63) is 53.0 Å². The Morgan fingerprint density at radius 1 is 1.07 bits per heavy atom. The number of aromatic amines is 1. The Kier molecular flexibility index (Phi) is 8.07. The SMILES string of the molecule is COC[C@H]1C[C@@H](c2nc3c([nH]2)-c2cc4c(cc2CC3)-c2ccc(BOC(C)(C)C(C)(C)O)cc2CO4)N(C(=O)OC(C)(C)C)C1. The largest absolute Gasteiger partial charge is 0.488 e. The number of aryl methyl sites for hydroxylation is 2. The van der Waals surface area contributed by atoms with E-state index in [9.17, 15) is 9.90 Å². The molecule has 1 aliphatic carbocycles. The lowest BCUT2D eigenvalue weighted by molar-refractivity contribution is -0.0893. The number of nitrogens with one attached hydrogen (secondary N) is 1. The number of carbonyl (C=O) groups excluding carboxylic acids is 1. The average Bonchev–Trinajstić information content (AvgIpc) is 3.58. The van der Waals surface area contributed by atoms with E-state index in [2.05, 4.69) is 35.3 Å². The van der Waals surface area contributed by atoms with E-state index in [0.29, 0.717) is 27.2 Å². The van der Waals surface area contributed by atoms with Crippen molar-refractivity contribution >= 4 is 19.0 Å². The first-order valence-corrected chi connectivity index (χ1v) is 16.0. The van der Waals surface area contributed by atoms with E-state index in [1.54, 1.807) is 25.9 Å². The molecule has 2 aromatic carbocycles. The molecule has 240 valence electrons. The Labute approximate surface area is 266 Å². The molecule has 0 bridgehead atoms. The van der Waals surface area contributed by atoms with Crippen LogP contribution in [0.5, 0.6) is 5.75 Å². The van der Waals surface area contributed by atoms with Gasteiger partial charge in [-0.2, -0.15) is 0 Å². The van der Waals surface area contributed by atoms with Gasteiger partial charge in [0.1, 0.15) is 23.8 Å². The number of aliphatic hydroxyl groups is 1. The number of hydrogen-bond donors (Lipinski definition) is 2. The highest BCUT2D eigenvalue weighted by molar-refractivity contribution is 6.47. The van der Waals surface area contributed by atoms with E-state index in [-0.39, 0.29) is 18.1 Å². The number of fused-ring (bicyclic) bond motifs is 6. The van der Waals surface area contributed by atoms with E-state index in [1.807, 2.05) is 34.6 Å². The molecule has 45 heavy (non-hydrogen) atoms. The molecule has 1 fully saturated rings. The quantitative estimate of drug-likeness (QED) is 0.351. The minimum Gasteiger partial charge on any atom is -0.488 e. The van der Waals surface area contributed by atoms with Crippen LogP contribution in [0.25, 0.3) is 22.4 Å². The lowest BCUT2D eigenvalue weighted by atomic mass is 9.80. The molecule has 1 aromatic heterocycles. The molecule has 0 saturated carbocycles. The molecule has 2 N–H and O–H groups in total. The number of aromatic nitrogens is 2. The highest BCUT2D eigenvalue weighted by atomic mass is 16.6. The van der Waals surface area contributed by atoms with Crippen molar-refractivity contribution in [3.63, 3.8) is 0 Å². The Morgan fingerprint density at radius 2 is 1.84 bits per heavy atom. The maximum Gasteiger partial charge on any atom is 0.410 e. The smallest absolute Gasteiger partial charge is 0.410 e. The maximum absolute atomic E-state index is 13.2. The number of carbonyl (C=O) groups is 1. The van der Waals surface area contributed by atoms with Crippen LogP contribution in [0.1, 0.15) is 83.6 Å². The number of amides is 1. The number of ether oxygens (including phenoxy) is 3. The lowest BCUT2D eigenvalue weighted by Gasteiger charge is -2.37. The van der Waals surface area contributed by atoms with Gasteiger partial charge in [-0.15, -0.1) is 0 Å². The summed E-state index contributed by atoms with van der Waals surface area (Å²) in [4.78, 5) is 23.7. The number of likely N-dealkylation sites (tertiary alicyclic amines) is 1. The van der Waals surface area contributed by atoms with Gasteiger partial charge in [-0.1, -0.05) is 23.7 Å². The third-order valence-electron chi connectivity index (χ3n) is 9.55. The van der Waals surface area contributed by atoms with Gasteiger partial charge < -0.3 is 29.0 Å². The first kappa shape index (κ1) is 31.6. The number of imidazole rings is 1. The number of rotatable bonds is 7. The zero-order valence-corrected chi connectivity index (χ0v) is 27.9. The molecular formula is C35H46BN3O6. The van der Waals surface area contributed by atoms with Crippen molar-refractivity contribution < 1.29 is 28.8 Å². The van der Waals surface area contributed by atoms with Gasteiger partial charge in [-0.3, -0.25) is 4.90 Å². The van der Waals surface area contributed by atoms with E-state index in [0.717, 1.165) is 64.4 Å². The van der Waals surface area contributed by atoms with Crippen LogP contribution in [-0.4, -0.2) is 70.6 Å². The minimum absolute atomic E-state index is 0.206. The second-order valence-electron chi connectivity index (χ2n) is 14.8. The lowest BCUT2D eigenvalue weighted by Crippen LogP contribution is -2.49. The molecule has 3 aliphatic rings. The molecule has 0 radical (unpaired) electrons. The van der Waals surface area contributed by atoms with Crippen LogP contribution >= 0.6 is 0 Å². The fourth-order valence-electron chi connectivity index (χ4n) is 6.41. The molecule has 10 heteroatoms. The Morgan fingerprint density at radius 3 is 2.56 bits per heavy atom. The minimum atomic E-state index is -0.960. The number of nitrogens with zero attached hydrogens (tertiary/aromatic N) is 2. The van der Waals surface area contributed by atoms with Gasteiger partial charge in [-0.25, -0.2) is 9.78 Å². The zero-order chi connectivity index (χ0) is 32.3. The Bertz CT molecular complexity index is 1600. The third kappa shape index (κ3) is 6.24. The van der Waals surface area contributed by atoms with Gasteiger partial charge in [0.25, 0.3) is 0 Å². The normalized spacial score (nSPS) is 19.3. The second kappa shape index (κ2) is 11.5. The first-order chi connectivity index (χ1) is 21.1. The fourth-order valence-corrected chi connectivity index (χ4v) is 6.41. The van der Waals surface area contributed by atoms with Crippen LogP contribution < -0.4 is 10.2 Å². The molecule has 3 aromatic rings. The van der Waals surface area contributed by atoms with Gasteiger partial charge in [0, 0.05) is 30.7 Å². The highest BCUT2D eigenvalue weighted by Crippen LogP contribution is 2.45. The van der Waals surface area contributed by atoms with E-state index in [1.165, 1.54) is 11.1 Å². The van der Waals surface area contributed by atoms with Crippen molar-refractivity contribution in [2.45, 2.75) is 97.2 Å². The van der Waals surface area contributed by atoms with Crippen molar-refractivity contribution in [2.75, 3.05) is 20.3 Å². The van der Waals surface area contributed by atoms with Crippen molar-refractivity contribution in [2.24, 2.45) is 5.92 Å². The molecule has 2 aliphatic heterocycles. The first-order valence-electron chi connectivity index (χ1n) is 16.0. The number of benzene rings is 2. The van der Waals surface area contributed by atoms with Crippen LogP contribution in [0.2, 0.25) is 0 Å². The molecule has 1 amide bonds. The summed E-state index contributed by atoms with van der Waals surface area (Å²) in [6.45, 7) is 14.6. The predicted octanol–water partition coefficient (Wildman–Crippen LogP) is 5.22. The number of H-pyrrole nitrogens is 1. The van der Waals surface area contributed by atoms with Crippen LogP contribution in [-0.2, 0) is 33.6 Å². The highest BCUT2D eigenvalue weighted by Gasteiger charge is 2.41. The van der Waals surface area contributed by atoms with Gasteiger partial charge in [-0.05, 0) is 96.6 Å². The van der Waals surface area contributed by atoms with Crippen LogP contribution in [0.15, 0.2) is 30.3 Å². The topological polar surface area (TPSA) is 106 Å². The molecule has 9 nitrogen and oxygen atoms in total. The fraction of sp³-hybridized carbons (Fsp3) is 0.543. The Balaban J connectivity index is 1.26. The van der Waals surface area contributed by atoms with E-state index >= 15 is 0 Å². The predicted molar refractivity (Wildman–Crippen MR) is 175 cm³/mol. The van der Waals surface area contributed by atoms with Gasteiger partial charge >= 0.3 is 13.6 Å². The van der Waals surface area contributed by atoms with E-state index < -0.39 is 16.8 Å². The summed E-state index contributed by atoms with van der Waals surface area (Å²) in [5.74, 6) is 1.86. The molecule has 0 spiro atoms. The number of methoxy groups -OCH3 is 1. The summed E-state index contributed by atoms with van der Waals surface area (Å²) < 4.78 is 23.7. The monoisotopic (exact) mass is 615 g/mol. The summed E-state index contributed by atoms with van der Waals surface area (Å²) in [7, 11) is 2.10. The Hall–Kier alpha value is -3.34. The summed E-state index contributed by atoms with van der Waals surface area (Å²) in [6.07, 6.45) is 2.13. The second-order valence-corrected chi connectivity index (χ2v) is 14.8. The summed E-state index contributed by atoms with van der Waals surface area (Å²) >= 11 is 0. The third-order valence-corrected chi connectivity index (χ3v) is 9.55. The standard InChI is InChI=1S/C35H46BN3O6/c1-33(2,3)44-32(40)39-17-20(18-42-8)13-28(39)31-37-27-12-9-21-15-26-24-11-10-23(36-45-35(6,7)34(4,5)41)14-22(24)19-43-29(26)16-25(21)30(27)38-31/h10-11,14-16,20,28,36,41H,9,12-13,17-19H2,1-8H3,(H,37,38)/t20-,28-/m0/s1. The van der Waals surface area contributed by atoms with Crippen LogP contribution in [0, 0.1) is 5.92 Å². The summed E-state index contributed by atoms with van der Waals surface area (Å²) in [5, 5.41) is 10.5. The number of hydrogen-bond acceptors (Lipinski definition) is 7. The van der Waals surface area contributed by atoms with Crippen LogP contribution in [0.3, 0.4) is 0 Å². The summed E-state index contributed by atoms with van der Waals surface area (Å²) in [5.41, 5.74) is 6.59. The van der Waals surface area contributed by atoms with Gasteiger partial charge in [0.05, 0.1) is 35.2 Å². The van der Waals surface area contributed by atoms with E-state index in [4.69, 9.17) is 23.8 Å². The van der Waals surface area contributed by atoms with Crippen molar-refractivity contribution in [1.29, 1.82) is 0 Å². The van der Waals surface area contributed by atoms with Crippen LogP contribution in [0.4, 0.5) is 4.79 Å². The van der Waals surface area contributed by atoms with Crippen molar-refractivity contribution in [1.82, 2.24) is 14.9 Å². The average molecular weight is 616 g/mol. The molecular weight excluding hydrogens is 569 g/mol. The van der Waals surface area contributed by atoms with Crippen molar-refractivity contribution in [3.8, 4) is 28.1 Å². The van der Waals surface area contributed by atoms with Gasteiger partial charge in [0.15, 0.2) is 0 Å². The zero-order valence-electron chi connectivity index (χ0n) is 27.9. The molecule has 0 unspecified atom stereocenters. The molecule has 1 saturated heterocycles.